The zero-order valence-corrected chi connectivity index (χ0v) is 11.9. The van der Waals surface area contributed by atoms with Gasteiger partial charge in [0.15, 0.2) is 0 Å². The second-order valence-corrected chi connectivity index (χ2v) is 5.11. The van der Waals surface area contributed by atoms with Crippen LogP contribution in [0.25, 0.3) is 0 Å². The summed E-state index contributed by atoms with van der Waals surface area (Å²) in [4.78, 5) is 9.03. The van der Waals surface area contributed by atoms with Crippen molar-refractivity contribution in [3.05, 3.63) is 11.9 Å². The van der Waals surface area contributed by atoms with E-state index in [1.54, 1.807) is 0 Å². The third kappa shape index (κ3) is 5.39. The molecule has 0 saturated heterocycles. The Kier molecular flexibility index (Phi) is 7.01. The van der Waals surface area contributed by atoms with Crippen molar-refractivity contribution in [2.45, 2.75) is 51.5 Å². The summed E-state index contributed by atoms with van der Waals surface area (Å²) in [5.41, 5.74) is 0. The van der Waals surface area contributed by atoms with Crippen LogP contribution in [0.4, 0.5) is 5.82 Å². The lowest BCUT2D eigenvalue weighted by molar-refractivity contribution is 0.869. The van der Waals surface area contributed by atoms with Crippen molar-refractivity contribution in [3.8, 4) is 0 Å². The molecule has 0 radical (unpaired) electrons. The van der Waals surface area contributed by atoms with Crippen LogP contribution < -0.4 is 5.32 Å². The van der Waals surface area contributed by atoms with Gasteiger partial charge < -0.3 is 5.32 Å². The monoisotopic (exact) mass is 253 g/mol. The lowest BCUT2D eigenvalue weighted by Crippen LogP contribution is -2.05. The maximum atomic E-state index is 4.54. The molecular formula is C13H23N3S. The summed E-state index contributed by atoms with van der Waals surface area (Å²) in [7, 11) is 0. The maximum absolute atomic E-state index is 4.54. The summed E-state index contributed by atoms with van der Waals surface area (Å²) in [6.07, 6.45) is 4.49. The Hall–Kier alpha value is -0.770. The molecule has 0 saturated carbocycles. The molecule has 1 heterocycles. The van der Waals surface area contributed by atoms with E-state index in [-0.39, 0.29) is 0 Å². The highest BCUT2D eigenvalue weighted by molar-refractivity contribution is 7.99. The molecule has 0 bridgehead atoms. The molecule has 0 aliphatic heterocycles. The van der Waals surface area contributed by atoms with Gasteiger partial charge in [0.1, 0.15) is 16.7 Å². The molecule has 1 N–H and O–H groups in total. The van der Waals surface area contributed by atoms with Gasteiger partial charge in [0, 0.05) is 19.0 Å². The van der Waals surface area contributed by atoms with Gasteiger partial charge in [-0.05, 0) is 18.6 Å². The van der Waals surface area contributed by atoms with Crippen LogP contribution in [0.3, 0.4) is 0 Å². The fourth-order valence-electron chi connectivity index (χ4n) is 1.37. The van der Waals surface area contributed by atoms with E-state index in [0.717, 1.165) is 41.8 Å². The summed E-state index contributed by atoms with van der Waals surface area (Å²) >= 11 is 1.83. The molecule has 0 atom stereocenters. The fraction of sp³-hybridized carbons (Fsp3) is 0.692. The number of nitrogens with zero attached hydrogens (tertiary/aromatic N) is 2. The lowest BCUT2D eigenvalue weighted by Gasteiger charge is -2.08. The first-order valence-electron chi connectivity index (χ1n) is 6.54. The fourth-order valence-corrected chi connectivity index (χ4v) is 2.38. The maximum Gasteiger partial charge on any atom is 0.131 e. The first-order chi connectivity index (χ1) is 8.30. The van der Waals surface area contributed by atoms with Crippen LogP contribution in [0.2, 0.25) is 0 Å². The van der Waals surface area contributed by atoms with Gasteiger partial charge in [-0.1, -0.05) is 27.2 Å². The van der Waals surface area contributed by atoms with Gasteiger partial charge in [0.05, 0.1) is 0 Å². The number of hydrogen-bond donors (Lipinski definition) is 1. The van der Waals surface area contributed by atoms with Crippen molar-refractivity contribution in [3.63, 3.8) is 0 Å². The highest BCUT2D eigenvalue weighted by atomic mass is 32.2. The SMILES string of the molecule is CCCCSc1cc(NCCC)nc(CC)n1. The molecule has 0 aliphatic rings. The van der Waals surface area contributed by atoms with Crippen molar-refractivity contribution >= 4 is 17.6 Å². The van der Waals surface area contributed by atoms with E-state index >= 15 is 0 Å². The van der Waals surface area contributed by atoms with E-state index in [2.05, 4.69) is 42.1 Å². The number of aryl methyl sites for hydroxylation is 1. The Morgan fingerprint density at radius 3 is 2.65 bits per heavy atom. The van der Waals surface area contributed by atoms with E-state index in [9.17, 15) is 0 Å². The zero-order valence-electron chi connectivity index (χ0n) is 11.1. The Labute approximate surface area is 109 Å². The van der Waals surface area contributed by atoms with Crippen LogP contribution in [0, 0.1) is 0 Å². The second-order valence-electron chi connectivity index (χ2n) is 3.99. The normalized spacial score (nSPS) is 10.5. The number of unbranched alkanes of at least 4 members (excludes halogenated alkanes) is 1. The van der Waals surface area contributed by atoms with Crippen LogP contribution in [0.1, 0.15) is 45.9 Å². The minimum atomic E-state index is 0.892. The molecule has 0 aromatic carbocycles. The third-order valence-corrected chi connectivity index (χ3v) is 3.37. The van der Waals surface area contributed by atoms with Gasteiger partial charge >= 0.3 is 0 Å². The highest BCUT2D eigenvalue weighted by Gasteiger charge is 2.03. The van der Waals surface area contributed by atoms with Crippen LogP contribution in [-0.4, -0.2) is 22.3 Å². The van der Waals surface area contributed by atoms with Crippen molar-refractivity contribution in [2.24, 2.45) is 0 Å². The van der Waals surface area contributed by atoms with E-state index in [0.29, 0.717) is 0 Å². The minimum Gasteiger partial charge on any atom is -0.370 e. The topological polar surface area (TPSA) is 37.8 Å². The summed E-state index contributed by atoms with van der Waals surface area (Å²) < 4.78 is 0. The van der Waals surface area contributed by atoms with Crippen molar-refractivity contribution in [1.29, 1.82) is 0 Å². The Morgan fingerprint density at radius 2 is 2.00 bits per heavy atom. The van der Waals surface area contributed by atoms with Gasteiger partial charge in [0.25, 0.3) is 0 Å². The summed E-state index contributed by atoms with van der Waals surface area (Å²) in [6.45, 7) is 7.44. The highest BCUT2D eigenvalue weighted by Crippen LogP contribution is 2.20. The first kappa shape index (κ1) is 14.3. The smallest absolute Gasteiger partial charge is 0.131 e. The Morgan fingerprint density at radius 1 is 1.18 bits per heavy atom. The summed E-state index contributed by atoms with van der Waals surface area (Å²) in [6, 6.07) is 2.06. The number of aromatic nitrogens is 2. The predicted octanol–water partition coefficient (Wildman–Crippen LogP) is 3.75. The predicted molar refractivity (Wildman–Crippen MR) is 75.8 cm³/mol. The number of thioether (sulfide) groups is 1. The number of hydrogen-bond acceptors (Lipinski definition) is 4. The molecule has 0 unspecified atom stereocenters. The molecule has 96 valence electrons. The van der Waals surface area contributed by atoms with Crippen LogP contribution in [0.15, 0.2) is 11.1 Å². The average Bonchev–Trinajstić information content (AvgIpc) is 2.36. The quantitative estimate of drug-likeness (QED) is 0.435. The molecule has 17 heavy (non-hydrogen) atoms. The molecule has 1 rings (SSSR count). The number of rotatable bonds is 8. The largest absolute Gasteiger partial charge is 0.370 e. The van der Waals surface area contributed by atoms with Crippen molar-refractivity contribution in [1.82, 2.24) is 9.97 Å². The molecule has 0 aliphatic carbocycles. The van der Waals surface area contributed by atoms with E-state index in [1.807, 2.05) is 11.8 Å². The molecule has 0 spiro atoms. The Balaban J connectivity index is 2.67. The van der Waals surface area contributed by atoms with Crippen molar-refractivity contribution < 1.29 is 0 Å². The molecule has 4 heteroatoms. The standard InChI is InChI=1S/C13H23N3S/c1-4-7-9-17-13-10-12(14-8-5-2)15-11(6-3)16-13/h10H,4-9H2,1-3H3,(H,14,15,16). The van der Waals surface area contributed by atoms with Gasteiger partial charge in [-0.2, -0.15) is 0 Å². The molecule has 0 amide bonds. The van der Waals surface area contributed by atoms with Crippen molar-refractivity contribution in [2.75, 3.05) is 17.6 Å². The van der Waals surface area contributed by atoms with Crippen LogP contribution in [-0.2, 0) is 6.42 Å². The Bertz CT molecular complexity index is 328. The summed E-state index contributed by atoms with van der Waals surface area (Å²) in [5.74, 6) is 3.05. The number of anilines is 1. The molecular weight excluding hydrogens is 230 g/mol. The van der Waals surface area contributed by atoms with Gasteiger partial charge in [0.2, 0.25) is 0 Å². The van der Waals surface area contributed by atoms with Gasteiger partial charge in [-0.3, -0.25) is 0 Å². The zero-order chi connectivity index (χ0) is 12.5. The molecule has 1 aromatic heterocycles. The average molecular weight is 253 g/mol. The van der Waals surface area contributed by atoms with Gasteiger partial charge in [-0.25, -0.2) is 9.97 Å². The summed E-state index contributed by atoms with van der Waals surface area (Å²) in [5, 5.41) is 4.44. The minimum absolute atomic E-state index is 0.892. The lowest BCUT2D eigenvalue weighted by atomic mass is 10.4. The van der Waals surface area contributed by atoms with Gasteiger partial charge in [-0.15, -0.1) is 11.8 Å². The molecule has 3 nitrogen and oxygen atoms in total. The third-order valence-electron chi connectivity index (χ3n) is 2.37. The van der Waals surface area contributed by atoms with Crippen LogP contribution in [0.5, 0.6) is 0 Å². The van der Waals surface area contributed by atoms with Crippen LogP contribution >= 0.6 is 11.8 Å². The first-order valence-corrected chi connectivity index (χ1v) is 7.53. The molecule has 0 fully saturated rings. The van der Waals surface area contributed by atoms with E-state index in [1.165, 1.54) is 12.8 Å². The van der Waals surface area contributed by atoms with E-state index < -0.39 is 0 Å². The second kappa shape index (κ2) is 8.34. The number of nitrogens with one attached hydrogen (secondary N) is 1. The molecule has 1 aromatic rings. The van der Waals surface area contributed by atoms with E-state index in [4.69, 9.17) is 0 Å².